The van der Waals surface area contributed by atoms with Gasteiger partial charge in [-0.15, -0.1) is 0 Å². The van der Waals surface area contributed by atoms with Gasteiger partial charge in [0, 0.05) is 13.0 Å². The van der Waals surface area contributed by atoms with Crippen LogP contribution < -0.4 is 0 Å². The smallest absolute Gasteiger partial charge is 0.457 e. The molecule has 0 saturated carbocycles. The van der Waals surface area contributed by atoms with Crippen molar-refractivity contribution >= 4 is 13.8 Å². The molecule has 0 heterocycles. The lowest BCUT2D eigenvalue weighted by molar-refractivity contribution is -0.870. The number of ether oxygens (including phenoxy) is 2. The number of hydrogen-bond acceptors (Lipinski definition) is 6. The third-order valence-corrected chi connectivity index (χ3v) is 9.27. The Labute approximate surface area is 325 Å². The highest BCUT2D eigenvalue weighted by Crippen LogP contribution is 2.43. The number of quaternary nitrogens is 1. The molecule has 0 radical (unpaired) electrons. The lowest BCUT2D eigenvalue weighted by Gasteiger charge is -2.24. The van der Waals surface area contributed by atoms with Crippen LogP contribution >= 0.6 is 7.82 Å². The third kappa shape index (κ3) is 41.0. The second kappa shape index (κ2) is 36.9. The molecule has 9 heteroatoms. The lowest BCUT2D eigenvalue weighted by Crippen LogP contribution is -2.37. The predicted octanol–water partition coefficient (Wildman–Crippen LogP) is 11.9. The fourth-order valence-electron chi connectivity index (χ4n) is 5.10. The summed E-state index contributed by atoms with van der Waals surface area (Å²) in [7, 11) is 1.62. The summed E-state index contributed by atoms with van der Waals surface area (Å²) in [5.74, 6) is -0.338. The van der Waals surface area contributed by atoms with Crippen molar-refractivity contribution in [2.24, 2.45) is 0 Å². The van der Waals surface area contributed by atoms with E-state index in [-0.39, 0.29) is 25.8 Å². The molecule has 0 aromatic carbocycles. The molecular formula is C44H79NO7P+. The van der Waals surface area contributed by atoms with Gasteiger partial charge in [-0.25, -0.2) is 4.57 Å². The number of allylic oxidation sites excluding steroid dienone is 12. The molecule has 0 amide bonds. The van der Waals surface area contributed by atoms with Gasteiger partial charge in [-0.2, -0.15) is 0 Å². The molecule has 0 aliphatic heterocycles. The summed E-state index contributed by atoms with van der Waals surface area (Å²) in [6.45, 7) is 5.32. The number of carbonyl (C=O) groups is 1. The summed E-state index contributed by atoms with van der Waals surface area (Å²) in [6.07, 6.45) is 46.6. The van der Waals surface area contributed by atoms with Gasteiger partial charge in [0.15, 0.2) is 0 Å². The Kier molecular flexibility index (Phi) is 35.5. The van der Waals surface area contributed by atoms with Crippen molar-refractivity contribution in [3.8, 4) is 0 Å². The van der Waals surface area contributed by atoms with Crippen LogP contribution in [0.1, 0.15) is 142 Å². The van der Waals surface area contributed by atoms with Crippen molar-refractivity contribution in [2.75, 3.05) is 54.1 Å². The van der Waals surface area contributed by atoms with E-state index in [1.54, 1.807) is 0 Å². The molecule has 0 spiro atoms. The van der Waals surface area contributed by atoms with Crippen LogP contribution in [-0.4, -0.2) is 75.6 Å². The molecule has 8 nitrogen and oxygen atoms in total. The molecule has 0 aliphatic rings. The summed E-state index contributed by atoms with van der Waals surface area (Å²) in [5, 5.41) is 0. The van der Waals surface area contributed by atoms with E-state index in [2.05, 4.69) is 86.8 Å². The van der Waals surface area contributed by atoms with Gasteiger partial charge in [0.2, 0.25) is 0 Å². The first-order chi connectivity index (χ1) is 25.6. The van der Waals surface area contributed by atoms with E-state index < -0.39 is 13.9 Å². The number of phosphoric acid groups is 1. The quantitative estimate of drug-likeness (QED) is 0.0221. The SMILES string of the molecule is CC/C=C\C/C=C\C/C=C\C/C=C\C/C=C\C/C=C\CCCOCC(COP(=O)(O)OCC[N+](C)(C)C)OC(=O)CCCCCCCCCCCCC. The zero-order chi connectivity index (χ0) is 39.1. The molecule has 306 valence electrons. The maximum absolute atomic E-state index is 12.6. The van der Waals surface area contributed by atoms with Gasteiger partial charge in [-0.3, -0.25) is 13.8 Å². The van der Waals surface area contributed by atoms with Gasteiger partial charge in [0.05, 0.1) is 34.4 Å². The number of unbranched alkanes of at least 4 members (excludes halogenated alkanes) is 11. The average Bonchev–Trinajstić information content (AvgIpc) is 3.11. The lowest BCUT2D eigenvalue weighted by atomic mass is 10.1. The van der Waals surface area contributed by atoms with E-state index in [0.29, 0.717) is 24.1 Å². The molecule has 0 saturated heterocycles. The Bertz CT molecular complexity index is 1070. The number of rotatable bonds is 37. The summed E-state index contributed by atoms with van der Waals surface area (Å²) in [4.78, 5) is 22.8. The second-order valence-corrected chi connectivity index (χ2v) is 16.1. The summed E-state index contributed by atoms with van der Waals surface area (Å²) >= 11 is 0. The highest BCUT2D eigenvalue weighted by Gasteiger charge is 2.26. The topological polar surface area (TPSA) is 91.3 Å². The van der Waals surface area contributed by atoms with Crippen molar-refractivity contribution in [1.82, 2.24) is 0 Å². The molecule has 0 aromatic rings. The van der Waals surface area contributed by atoms with E-state index in [9.17, 15) is 14.3 Å². The maximum Gasteiger partial charge on any atom is 0.472 e. The molecule has 2 atom stereocenters. The van der Waals surface area contributed by atoms with E-state index in [1.165, 1.54) is 51.4 Å². The summed E-state index contributed by atoms with van der Waals surface area (Å²) in [6, 6.07) is 0. The van der Waals surface area contributed by atoms with E-state index in [4.69, 9.17) is 18.5 Å². The highest BCUT2D eigenvalue weighted by atomic mass is 31.2. The molecule has 0 aromatic heterocycles. The first-order valence-corrected chi connectivity index (χ1v) is 22.2. The number of hydrogen-bond donors (Lipinski definition) is 1. The molecule has 0 fully saturated rings. The molecule has 1 N–H and O–H groups in total. The van der Waals surface area contributed by atoms with Crippen LogP contribution in [0, 0.1) is 0 Å². The number of carbonyl (C=O) groups excluding carboxylic acids is 1. The second-order valence-electron chi connectivity index (χ2n) is 14.6. The van der Waals surface area contributed by atoms with E-state index >= 15 is 0 Å². The van der Waals surface area contributed by atoms with Gasteiger partial charge in [-0.1, -0.05) is 151 Å². The van der Waals surface area contributed by atoms with Gasteiger partial charge in [0.25, 0.3) is 0 Å². The number of likely N-dealkylation sites (N-methyl/N-ethyl adjacent to an activating group) is 1. The summed E-state index contributed by atoms with van der Waals surface area (Å²) in [5.41, 5.74) is 0. The van der Waals surface area contributed by atoms with Crippen LogP contribution in [0.25, 0.3) is 0 Å². The van der Waals surface area contributed by atoms with E-state index in [0.717, 1.165) is 70.6 Å². The van der Waals surface area contributed by atoms with Gasteiger partial charge in [-0.05, 0) is 57.8 Å². The molecule has 53 heavy (non-hydrogen) atoms. The van der Waals surface area contributed by atoms with Crippen molar-refractivity contribution in [3.63, 3.8) is 0 Å². The van der Waals surface area contributed by atoms with E-state index in [1.807, 2.05) is 21.1 Å². The fourth-order valence-corrected chi connectivity index (χ4v) is 5.84. The Hall–Kier alpha value is -2.06. The molecule has 0 aliphatic carbocycles. The van der Waals surface area contributed by atoms with Crippen LogP contribution in [0.2, 0.25) is 0 Å². The largest absolute Gasteiger partial charge is 0.472 e. The first-order valence-electron chi connectivity index (χ1n) is 20.7. The number of nitrogens with zero attached hydrogens (tertiary/aromatic N) is 1. The number of phosphoric ester groups is 1. The van der Waals surface area contributed by atoms with Gasteiger partial charge >= 0.3 is 13.8 Å². The molecular weight excluding hydrogens is 685 g/mol. The monoisotopic (exact) mass is 765 g/mol. The predicted molar refractivity (Wildman–Crippen MR) is 224 cm³/mol. The maximum atomic E-state index is 12.6. The summed E-state index contributed by atoms with van der Waals surface area (Å²) < 4.78 is 34.8. The molecule has 0 rings (SSSR count). The van der Waals surface area contributed by atoms with Crippen LogP contribution in [-0.2, 0) is 27.9 Å². The standard InChI is InChI=1S/C44H78NO7P/c1-6-8-10-12-14-16-18-19-20-21-22-23-24-25-26-28-30-32-34-36-39-49-41-43(42-51-53(47,48)50-40-38-45(3,4)5)52-44(46)37-35-33-31-29-27-17-15-13-11-9-7-2/h8,10,14,16,19-20,22-23,25-26,30,32,43H,6-7,9,11-13,15,17-18,21,24,27-29,31,33-42H2,1-5H3/p+1/b10-8-,16-14-,20-19-,23-22-,26-25-,32-30-. The van der Waals surface area contributed by atoms with Crippen LogP contribution in [0.5, 0.6) is 0 Å². The zero-order valence-electron chi connectivity index (χ0n) is 34.5. The minimum Gasteiger partial charge on any atom is -0.457 e. The highest BCUT2D eigenvalue weighted by molar-refractivity contribution is 7.47. The molecule has 0 bridgehead atoms. The minimum atomic E-state index is -4.29. The zero-order valence-corrected chi connectivity index (χ0v) is 35.4. The Morgan fingerprint density at radius 1 is 0.604 bits per heavy atom. The van der Waals surface area contributed by atoms with Crippen LogP contribution in [0.15, 0.2) is 72.9 Å². The number of esters is 1. The Morgan fingerprint density at radius 3 is 1.57 bits per heavy atom. The fraction of sp³-hybridized carbons (Fsp3) is 0.705. The first kappa shape index (κ1) is 50.9. The third-order valence-electron chi connectivity index (χ3n) is 8.28. The Balaban J connectivity index is 4.37. The van der Waals surface area contributed by atoms with Crippen LogP contribution in [0.4, 0.5) is 0 Å². The molecule has 2 unspecified atom stereocenters. The van der Waals surface area contributed by atoms with Crippen molar-refractivity contribution in [3.05, 3.63) is 72.9 Å². The van der Waals surface area contributed by atoms with Gasteiger partial charge < -0.3 is 18.9 Å². The average molecular weight is 765 g/mol. The van der Waals surface area contributed by atoms with Crippen molar-refractivity contribution in [1.29, 1.82) is 0 Å². The van der Waals surface area contributed by atoms with Gasteiger partial charge in [0.1, 0.15) is 19.3 Å². The van der Waals surface area contributed by atoms with Crippen LogP contribution in [0.3, 0.4) is 0 Å². The van der Waals surface area contributed by atoms with Crippen molar-refractivity contribution in [2.45, 2.75) is 148 Å². The Morgan fingerprint density at radius 2 is 1.08 bits per heavy atom. The van der Waals surface area contributed by atoms with Crippen molar-refractivity contribution < 1.29 is 37.3 Å². The normalized spacial score (nSPS) is 14.6. The minimum absolute atomic E-state index is 0.0751.